The molecule has 0 fully saturated rings. The molecule has 0 aliphatic rings. The Hall–Kier alpha value is -2.02. The summed E-state index contributed by atoms with van der Waals surface area (Å²) in [7, 11) is 1.81. The van der Waals surface area contributed by atoms with E-state index in [2.05, 4.69) is 15.2 Å². The standard InChI is InChI=1S/C11H9FN4OS/c1-16-7-14-15-11(16)18-5-4-10(17)9-3-2-8(12)6-13-9/h2-7H,1H3/b5-4+. The van der Waals surface area contributed by atoms with Crippen LogP contribution in [-0.4, -0.2) is 25.5 Å². The van der Waals surface area contributed by atoms with Crippen molar-refractivity contribution in [2.24, 2.45) is 7.05 Å². The summed E-state index contributed by atoms with van der Waals surface area (Å²) in [6.45, 7) is 0. The maximum absolute atomic E-state index is 12.6. The van der Waals surface area contributed by atoms with Gasteiger partial charge in [-0.3, -0.25) is 4.79 Å². The van der Waals surface area contributed by atoms with Crippen molar-refractivity contribution < 1.29 is 9.18 Å². The highest BCUT2D eigenvalue weighted by Gasteiger charge is 2.04. The quantitative estimate of drug-likeness (QED) is 0.479. The number of ketones is 1. The van der Waals surface area contributed by atoms with Gasteiger partial charge >= 0.3 is 0 Å². The van der Waals surface area contributed by atoms with E-state index >= 15 is 0 Å². The van der Waals surface area contributed by atoms with Crippen LogP contribution in [0.1, 0.15) is 10.5 Å². The Morgan fingerprint density at radius 3 is 2.94 bits per heavy atom. The summed E-state index contributed by atoms with van der Waals surface area (Å²) >= 11 is 1.27. The molecule has 0 saturated heterocycles. The molecule has 0 unspecified atom stereocenters. The van der Waals surface area contributed by atoms with E-state index < -0.39 is 5.82 Å². The zero-order valence-corrected chi connectivity index (χ0v) is 10.3. The van der Waals surface area contributed by atoms with Gasteiger partial charge in [0.15, 0.2) is 5.16 Å². The first-order valence-electron chi connectivity index (χ1n) is 5.00. The fourth-order valence-electron chi connectivity index (χ4n) is 1.14. The number of rotatable bonds is 4. The van der Waals surface area contributed by atoms with E-state index in [1.807, 2.05) is 0 Å². The maximum atomic E-state index is 12.6. The fourth-order valence-corrected chi connectivity index (χ4v) is 1.76. The Bertz CT molecular complexity index is 579. The smallest absolute Gasteiger partial charge is 0.204 e. The van der Waals surface area contributed by atoms with Crippen molar-refractivity contribution in [3.63, 3.8) is 0 Å². The lowest BCUT2D eigenvalue weighted by Crippen LogP contribution is -1.97. The normalized spacial score (nSPS) is 11.0. The highest BCUT2D eigenvalue weighted by molar-refractivity contribution is 8.02. The van der Waals surface area contributed by atoms with Crippen LogP contribution in [0.25, 0.3) is 0 Å². The van der Waals surface area contributed by atoms with Crippen molar-refractivity contribution in [3.05, 3.63) is 47.7 Å². The molecule has 7 heteroatoms. The van der Waals surface area contributed by atoms with Crippen LogP contribution in [0, 0.1) is 5.82 Å². The van der Waals surface area contributed by atoms with Gasteiger partial charge in [-0.1, -0.05) is 11.8 Å². The molecule has 2 rings (SSSR count). The average molecular weight is 264 g/mol. The van der Waals surface area contributed by atoms with Crippen LogP contribution in [0.2, 0.25) is 0 Å². The largest absolute Gasteiger partial charge is 0.312 e. The molecule has 0 atom stereocenters. The van der Waals surface area contributed by atoms with Crippen molar-refractivity contribution in [1.29, 1.82) is 0 Å². The van der Waals surface area contributed by atoms with Crippen LogP contribution >= 0.6 is 11.8 Å². The molecule has 0 spiro atoms. The van der Waals surface area contributed by atoms with Crippen LogP contribution in [-0.2, 0) is 7.05 Å². The third-order valence-corrected chi connectivity index (χ3v) is 2.90. The zero-order chi connectivity index (χ0) is 13.0. The summed E-state index contributed by atoms with van der Waals surface area (Å²) in [4.78, 5) is 15.3. The van der Waals surface area contributed by atoms with E-state index in [-0.39, 0.29) is 11.5 Å². The lowest BCUT2D eigenvalue weighted by atomic mass is 10.2. The lowest BCUT2D eigenvalue weighted by Gasteiger charge is -1.95. The number of halogens is 1. The molecule has 0 N–H and O–H groups in total. The molecule has 0 amide bonds. The summed E-state index contributed by atoms with van der Waals surface area (Å²) in [6, 6.07) is 2.54. The van der Waals surface area contributed by atoms with Crippen LogP contribution < -0.4 is 0 Å². The van der Waals surface area contributed by atoms with Gasteiger partial charge < -0.3 is 4.57 Å². The van der Waals surface area contributed by atoms with E-state index in [1.54, 1.807) is 23.4 Å². The Labute approximate surface area is 107 Å². The third-order valence-electron chi connectivity index (χ3n) is 2.04. The summed E-state index contributed by atoms with van der Waals surface area (Å²) in [5.74, 6) is -0.756. The molecular weight excluding hydrogens is 255 g/mol. The number of nitrogens with zero attached hydrogens (tertiary/aromatic N) is 4. The SMILES string of the molecule is Cn1cnnc1S/C=C/C(=O)c1ccc(F)cn1. The van der Waals surface area contributed by atoms with Crippen LogP contribution in [0.3, 0.4) is 0 Å². The monoisotopic (exact) mass is 264 g/mol. The van der Waals surface area contributed by atoms with Crippen LogP contribution in [0.5, 0.6) is 0 Å². The number of hydrogen-bond donors (Lipinski definition) is 0. The first kappa shape index (κ1) is 12.4. The zero-order valence-electron chi connectivity index (χ0n) is 9.45. The van der Waals surface area contributed by atoms with Gasteiger partial charge in [-0.2, -0.15) is 0 Å². The van der Waals surface area contributed by atoms with Crippen molar-refractivity contribution >= 4 is 17.5 Å². The van der Waals surface area contributed by atoms with Gasteiger partial charge in [0.05, 0.1) is 6.20 Å². The number of thioether (sulfide) groups is 1. The minimum Gasteiger partial charge on any atom is -0.312 e. The van der Waals surface area contributed by atoms with E-state index in [0.29, 0.717) is 5.16 Å². The van der Waals surface area contributed by atoms with Gasteiger partial charge in [0, 0.05) is 7.05 Å². The molecule has 0 aliphatic carbocycles. The fraction of sp³-hybridized carbons (Fsp3) is 0.0909. The number of carbonyl (C=O) groups excluding carboxylic acids is 1. The Morgan fingerprint density at radius 1 is 1.50 bits per heavy atom. The van der Waals surface area contributed by atoms with Crippen molar-refractivity contribution in [2.45, 2.75) is 5.16 Å². The number of aromatic nitrogens is 4. The predicted octanol–water partition coefficient (Wildman–Crippen LogP) is 1.84. The van der Waals surface area contributed by atoms with Gasteiger partial charge in [-0.05, 0) is 23.6 Å². The first-order valence-corrected chi connectivity index (χ1v) is 5.88. The minimum atomic E-state index is -0.469. The van der Waals surface area contributed by atoms with Crippen LogP contribution in [0.4, 0.5) is 4.39 Å². The highest BCUT2D eigenvalue weighted by atomic mass is 32.2. The van der Waals surface area contributed by atoms with E-state index in [9.17, 15) is 9.18 Å². The molecule has 18 heavy (non-hydrogen) atoms. The molecule has 2 aromatic rings. The molecule has 0 radical (unpaired) electrons. The summed E-state index contributed by atoms with van der Waals surface area (Å²) in [6.07, 6.45) is 3.94. The number of pyridine rings is 1. The van der Waals surface area contributed by atoms with Crippen molar-refractivity contribution in [3.8, 4) is 0 Å². The molecule has 5 nitrogen and oxygen atoms in total. The minimum absolute atomic E-state index is 0.200. The van der Waals surface area contributed by atoms with E-state index in [4.69, 9.17) is 0 Å². The highest BCUT2D eigenvalue weighted by Crippen LogP contribution is 2.14. The molecule has 2 heterocycles. The van der Waals surface area contributed by atoms with Crippen molar-refractivity contribution in [2.75, 3.05) is 0 Å². The topological polar surface area (TPSA) is 60.7 Å². The molecule has 0 aromatic carbocycles. The number of allylic oxidation sites excluding steroid dienone is 1. The second-order valence-corrected chi connectivity index (χ2v) is 4.24. The Morgan fingerprint density at radius 2 is 2.33 bits per heavy atom. The van der Waals surface area contributed by atoms with E-state index in [1.165, 1.54) is 30.0 Å². The number of aryl methyl sites for hydroxylation is 1. The summed E-state index contributed by atoms with van der Waals surface area (Å²) in [5.41, 5.74) is 0.200. The van der Waals surface area contributed by atoms with Crippen LogP contribution in [0.15, 0.2) is 41.3 Å². The molecule has 0 saturated carbocycles. The maximum Gasteiger partial charge on any atom is 0.204 e. The Kier molecular flexibility index (Phi) is 3.83. The predicted molar refractivity (Wildman–Crippen MR) is 64.5 cm³/mol. The number of hydrogen-bond acceptors (Lipinski definition) is 5. The lowest BCUT2D eigenvalue weighted by molar-refractivity contribution is 0.104. The molecule has 2 aromatic heterocycles. The first-order chi connectivity index (χ1) is 8.66. The van der Waals surface area contributed by atoms with Gasteiger partial charge in [0.2, 0.25) is 5.78 Å². The molecule has 92 valence electrons. The van der Waals surface area contributed by atoms with Gasteiger partial charge in [-0.15, -0.1) is 10.2 Å². The second-order valence-electron chi connectivity index (χ2n) is 3.37. The van der Waals surface area contributed by atoms with Gasteiger partial charge in [0.1, 0.15) is 17.8 Å². The average Bonchev–Trinajstić information content (AvgIpc) is 2.76. The van der Waals surface area contributed by atoms with E-state index in [0.717, 1.165) is 6.20 Å². The molecule has 0 aliphatic heterocycles. The summed E-state index contributed by atoms with van der Waals surface area (Å²) in [5, 5.41) is 9.82. The molecule has 0 bridgehead atoms. The van der Waals surface area contributed by atoms with Gasteiger partial charge in [0.25, 0.3) is 0 Å². The van der Waals surface area contributed by atoms with Crippen molar-refractivity contribution in [1.82, 2.24) is 19.7 Å². The Balaban J connectivity index is 1.99. The van der Waals surface area contributed by atoms with Gasteiger partial charge in [-0.25, -0.2) is 9.37 Å². The second kappa shape index (κ2) is 5.54. The molecular formula is C11H9FN4OS. The number of carbonyl (C=O) groups is 1. The summed E-state index contributed by atoms with van der Waals surface area (Å²) < 4.78 is 14.4. The third kappa shape index (κ3) is 3.01.